The number of aromatic nitrogens is 1. The summed E-state index contributed by atoms with van der Waals surface area (Å²) in [5, 5.41) is 10.7. The number of rotatable bonds is 4. The molecule has 0 unspecified atom stereocenters. The SMILES string of the molecule is Cc1cc(OCc2ccc(N)nc2)c(F)cc1[N+](=O)[O-]. The zero-order valence-corrected chi connectivity index (χ0v) is 10.7. The Morgan fingerprint density at radius 1 is 1.45 bits per heavy atom. The van der Waals surface area contributed by atoms with Crippen molar-refractivity contribution in [3.05, 3.63) is 57.5 Å². The summed E-state index contributed by atoms with van der Waals surface area (Å²) in [4.78, 5) is 13.9. The number of nitro benzene ring substituents is 1. The van der Waals surface area contributed by atoms with Crippen LogP contribution in [0.1, 0.15) is 11.1 Å². The van der Waals surface area contributed by atoms with Crippen molar-refractivity contribution in [3.8, 4) is 5.75 Å². The van der Waals surface area contributed by atoms with Crippen LogP contribution in [0.15, 0.2) is 30.5 Å². The molecule has 1 aromatic heterocycles. The summed E-state index contributed by atoms with van der Waals surface area (Å²) < 4.78 is 19.0. The molecule has 1 aromatic carbocycles. The number of aryl methyl sites for hydroxylation is 1. The number of pyridine rings is 1. The zero-order chi connectivity index (χ0) is 14.7. The minimum Gasteiger partial charge on any atom is -0.486 e. The summed E-state index contributed by atoms with van der Waals surface area (Å²) >= 11 is 0. The number of ether oxygens (including phenoxy) is 1. The molecule has 0 bridgehead atoms. The number of benzene rings is 1. The predicted molar refractivity (Wildman–Crippen MR) is 70.8 cm³/mol. The number of nitrogen functional groups attached to an aromatic ring is 1. The van der Waals surface area contributed by atoms with Gasteiger partial charge < -0.3 is 10.5 Å². The summed E-state index contributed by atoms with van der Waals surface area (Å²) in [7, 11) is 0. The lowest BCUT2D eigenvalue weighted by molar-refractivity contribution is -0.385. The molecular formula is C13H12FN3O3. The maximum Gasteiger partial charge on any atom is 0.275 e. The van der Waals surface area contributed by atoms with Crippen LogP contribution in [0.25, 0.3) is 0 Å². The molecule has 0 radical (unpaired) electrons. The number of anilines is 1. The van der Waals surface area contributed by atoms with Gasteiger partial charge >= 0.3 is 0 Å². The van der Waals surface area contributed by atoms with Crippen LogP contribution < -0.4 is 10.5 Å². The molecule has 20 heavy (non-hydrogen) atoms. The van der Waals surface area contributed by atoms with Gasteiger partial charge in [-0.3, -0.25) is 10.1 Å². The highest BCUT2D eigenvalue weighted by Crippen LogP contribution is 2.27. The zero-order valence-electron chi connectivity index (χ0n) is 10.7. The molecule has 104 valence electrons. The molecule has 0 aliphatic carbocycles. The molecule has 2 N–H and O–H groups in total. The molecular weight excluding hydrogens is 265 g/mol. The average molecular weight is 277 g/mol. The van der Waals surface area contributed by atoms with Gasteiger partial charge in [0.05, 0.1) is 11.0 Å². The molecule has 6 nitrogen and oxygen atoms in total. The lowest BCUT2D eigenvalue weighted by atomic mass is 10.2. The minimum atomic E-state index is -0.772. The third-order valence-electron chi connectivity index (χ3n) is 2.69. The van der Waals surface area contributed by atoms with E-state index in [1.165, 1.54) is 19.2 Å². The second kappa shape index (κ2) is 5.52. The number of nitrogens with zero attached hydrogens (tertiary/aromatic N) is 2. The topological polar surface area (TPSA) is 91.3 Å². The van der Waals surface area contributed by atoms with Crippen molar-refractivity contribution in [1.29, 1.82) is 0 Å². The molecule has 0 spiro atoms. The quantitative estimate of drug-likeness (QED) is 0.685. The first-order chi connectivity index (χ1) is 9.47. The summed E-state index contributed by atoms with van der Waals surface area (Å²) in [6.45, 7) is 1.62. The number of hydrogen-bond donors (Lipinski definition) is 1. The molecule has 0 aliphatic rings. The van der Waals surface area contributed by atoms with E-state index in [0.29, 0.717) is 11.4 Å². The Hall–Kier alpha value is -2.70. The minimum absolute atomic E-state index is 0.0371. The van der Waals surface area contributed by atoms with Crippen molar-refractivity contribution in [2.75, 3.05) is 5.73 Å². The van der Waals surface area contributed by atoms with Crippen LogP contribution in [-0.2, 0) is 6.61 Å². The number of halogens is 1. The highest BCUT2D eigenvalue weighted by molar-refractivity contribution is 5.45. The molecule has 0 atom stereocenters. The van der Waals surface area contributed by atoms with Crippen LogP contribution in [-0.4, -0.2) is 9.91 Å². The third kappa shape index (κ3) is 3.00. The number of hydrogen-bond acceptors (Lipinski definition) is 5. The van der Waals surface area contributed by atoms with Gasteiger partial charge in [-0.1, -0.05) is 6.07 Å². The van der Waals surface area contributed by atoms with E-state index in [-0.39, 0.29) is 18.0 Å². The van der Waals surface area contributed by atoms with Crippen molar-refractivity contribution in [2.45, 2.75) is 13.5 Å². The first-order valence-corrected chi connectivity index (χ1v) is 5.75. The Morgan fingerprint density at radius 3 is 2.80 bits per heavy atom. The van der Waals surface area contributed by atoms with Gasteiger partial charge in [-0.25, -0.2) is 9.37 Å². The Labute approximate surface area is 114 Å². The van der Waals surface area contributed by atoms with Gasteiger partial charge in [0.1, 0.15) is 12.4 Å². The van der Waals surface area contributed by atoms with E-state index in [0.717, 1.165) is 11.6 Å². The average Bonchev–Trinajstić information content (AvgIpc) is 2.41. The van der Waals surface area contributed by atoms with Crippen molar-refractivity contribution < 1.29 is 14.1 Å². The smallest absolute Gasteiger partial charge is 0.275 e. The van der Waals surface area contributed by atoms with Gasteiger partial charge in [0.15, 0.2) is 11.6 Å². The lowest BCUT2D eigenvalue weighted by Gasteiger charge is -2.08. The molecule has 0 aliphatic heterocycles. The highest BCUT2D eigenvalue weighted by atomic mass is 19.1. The van der Waals surface area contributed by atoms with E-state index in [4.69, 9.17) is 10.5 Å². The van der Waals surface area contributed by atoms with E-state index in [1.54, 1.807) is 12.1 Å². The van der Waals surface area contributed by atoms with Crippen LogP contribution in [0.2, 0.25) is 0 Å². The summed E-state index contributed by atoms with van der Waals surface area (Å²) in [6, 6.07) is 5.47. The summed E-state index contributed by atoms with van der Waals surface area (Å²) in [5.74, 6) is -0.429. The molecule has 2 rings (SSSR count). The van der Waals surface area contributed by atoms with Gasteiger partial charge in [-0.15, -0.1) is 0 Å². The molecule has 7 heteroatoms. The van der Waals surface area contributed by atoms with E-state index < -0.39 is 10.7 Å². The summed E-state index contributed by atoms with van der Waals surface area (Å²) in [6.07, 6.45) is 1.52. The largest absolute Gasteiger partial charge is 0.486 e. The Morgan fingerprint density at radius 2 is 2.20 bits per heavy atom. The van der Waals surface area contributed by atoms with E-state index >= 15 is 0 Å². The maximum absolute atomic E-state index is 13.7. The van der Waals surface area contributed by atoms with Crippen molar-refractivity contribution in [3.63, 3.8) is 0 Å². The number of nitrogens with two attached hydrogens (primary N) is 1. The fourth-order valence-electron chi connectivity index (χ4n) is 1.63. The standard InChI is InChI=1S/C13H12FN3O3/c1-8-4-12(10(14)5-11(8)17(18)19)20-7-9-2-3-13(15)16-6-9/h2-6H,7H2,1H3,(H2,15,16). The van der Waals surface area contributed by atoms with Crippen molar-refractivity contribution in [2.24, 2.45) is 0 Å². The van der Waals surface area contributed by atoms with Crippen LogP contribution in [0.5, 0.6) is 5.75 Å². The van der Waals surface area contributed by atoms with Crippen LogP contribution in [0, 0.1) is 22.9 Å². The predicted octanol–water partition coefficient (Wildman–Crippen LogP) is 2.60. The van der Waals surface area contributed by atoms with Gasteiger partial charge in [0, 0.05) is 17.3 Å². The van der Waals surface area contributed by atoms with Gasteiger partial charge in [-0.05, 0) is 19.1 Å². The third-order valence-corrected chi connectivity index (χ3v) is 2.69. The van der Waals surface area contributed by atoms with Crippen molar-refractivity contribution >= 4 is 11.5 Å². The number of nitro groups is 1. The first kappa shape index (κ1) is 13.7. The van der Waals surface area contributed by atoms with Crippen LogP contribution in [0.3, 0.4) is 0 Å². The molecule has 0 saturated carbocycles. The lowest BCUT2D eigenvalue weighted by Crippen LogP contribution is -2.01. The highest BCUT2D eigenvalue weighted by Gasteiger charge is 2.16. The van der Waals surface area contributed by atoms with E-state index in [1.807, 2.05) is 0 Å². The van der Waals surface area contributed by atoms with E-state index in [9.17, 15) is 14.5 Å². The fraction of sp³-hybridized carbons (Fsp3) is 0.154. The Kier molecular flexibility index (Phi) is 3.79. The van der Waals surface area contributed by atoms with Gasteiger partial charge in [-0.2, -0.15) is 0 Å². The van der Waals surface area contributed by atoms with Crippen LogP contribution in [0.4, 0.5) is 15.9 Å². The van der Waals surface area contributed by atoms with E-state index in [2.05, 4.69) is 4.98 Å². The second-order valence-corrected chi connectivity index (χ2v) is 4.21. The fourth-order valence-corrected chi connectivity index (χ4v) is 1.63. The molecule has 0 fully saturated rings. The van der Waals surface area contributed by atoms with Crippen molar-refractivity contribution in [1.82, 2.24) is 4.98 Å². The Balaban J connectivity index is 2.16. The van der Waals surface area contributed by atoms with Gasteiger partial charge in [0.2, 0.25) is 0 Å². The second-order valence-electron chi connectivity index (χ2n) is 4.21. The maximum atomic E-state index is 13.7. The normalized spacial score (nSPS) is 10.3. The molecule has 2 aromatic rings. The van der Waals surface area contributed by atoms with Gasteiger partial charge in [0.25, 0.3) is 5.69 Å². The monoisotopic (exact) mass is 277 g/mol. The van der Waals surface area contributed by atoms with Crippen LogP contribution >= 0.6 is 0 Å². The Bertz CT molecular complexity index is 644. The molecule has 0 amide bonds. The summed E-state index contributed by atoms with van der Waals surface area (Å²) in [5.41, 5.74) is 6.23. The first-order valence-electron chi connectivity index (χ1n) is 5.75. The molecule has 0 saturated heterocycles. The molecule has 1 heterocycles.